The number of hydrogen-bond donors (Lipinski definition) is 1. The maximum absolute atomic E-state index is 12.2. The predicted octanol–water partition coefficient (Wildman–Crippen LogP) is 1.61. The first-order valence-corrected chi connectivity index (χ1v) is 5.70. The maximum Gasteiger partial charge on any atom is 0.337 e. The summed E-state index contributed by atoms with van der Waals surface area (Å²) in [5.74, 6) is -1.60. The minimum absolute atomic E-state index is 0.0146. The van der Waals surface area contributed by atoms with Crippen LogP contribution in [0.15, 0.2) is 51.9 Å². The number of carboxylic acid groups (broad SMARTS) is 1. The summed E-state index contributed by atoms with van der Waals surface area (Å²) in [6.07, 6.45) is 1.05. The second kappa shape index (κ2) is 5.40. The van der Waals surface area contributed by atoms with E-state index in [1.165, 1.54) is 30.1 Å². The van der Waals surface area contributed by atoms with Gasteiger partial charge in [0.1, 0.15) is 6.26 Å². The second-order valence-corrected chi connectivity index (χ2v) is 4.03. The monoisotopic (exact) mass is 273 g/mol. The molecule has 0 aliphatic carbocycles. The molecule has 6 heteroatoms. The van der Waals surface area contributed by atoms with E-state index in [-0.39, 0.29) is 16.8 Å². The van der Waals surface area contributed by atoms with Crippen molar-refractivity contribution in [3.05, 3.63) is 64.2 Å². The van der Waals surface area contributed by atoms with Gasteiger partial charge in [0.25, 0.3) is 5.91 Å². The zero-order valence-corrected chi connectivity index (χ0v) is 10.6. The number of nitrogens with zero attached hydrogens (tertiary/aromatic N) is 1. The number of benzene rings is 1. The molecule has 0 fully saturated rings. The Morgan fingerprint density at radius 3 is 2.45 bits per heavy atom. The van der Waals surface area contributed by atoms with Crippen molar-refractivity contribution in [1.82, 2.24) is 0 Å². The molecule has 1 aromatic carbocycles. The molecule has 1 aromatic heterocycles. The normalized spacial score (nSPS) is 10.1. The Hall–Kier alpha value is -2.89. The molecule has 0 saturated heterocycles. The molecule has 0 spiro atoms. The summed E-state index contributed by atoms with van der Waals surface area (Å²) < 4.78 is 4.62. The van der Waals surface area contributed by atoms with Crippen molar-refractivity contribution >= 4 is 17.6 Å². The molecule has 2 rings (SSSR count). The van der Waals surface area contributed by atoms with E-state index in [0.717, 1.165) is 12.3 Å². The predicted molar refractivity (Wildman–Crippen MR) is 71.1 cm³/mol. The third-order valence-electron chi connectivity index (χ3n) is 2.75. The topological polar surface area (TPSA) is 87.8 Å². The Kier molecular flexibility index (Phi) is 3.65. The van der Waals surface area contributed by atoms with Crippen LogP contribution in [0.1, 0.15) is 20.7 Å². The van der Waals surface area contributed by atoms with Gasteiger partial charge in [0.15, 0.2) is 0 Å². The fourth-order valence-electron chi connectivity index (χ4n) is 1.73. The molecule has 1 heterocycles. The molecule has 0 radical (unpaired) electrons. The van der Waals surface area contributed by atoms with Crippen LogP contribution in [0.2, 0.25) is 0 Å². The number of rotatable bonds is 3. The van der Waals surface area contributed by atoms with E-state index in [0.29, 0.717) is 0 Å². The van der Waals surface area contributed by atoms with Crippen LogP contribution in [-0.2, 0) is 0 Å². The number of para-hydroxylation sites is 1. The lowest BCUT2D eigenvalue weighted by Crippen LogP contribution is -2.28. The smallest absolute Gasteiger partial charge is 0.337 e. The molecule has 0 unspecified atom stereocenters. The average molecular weight is 273 g/mol. The Morgan fingerprint density at radius 1 is 1.15 bits per heavy atom. The highest BCUT2D eigenvalue weighted by molar-refractivity contribution is 6.08. The molecule has 20 heavy (non-hydrogen) atoms. The Bertz CT molecular complexity index is 699. The van der Waals surface area contributed by atoms with Crippen molar-refractivity contribution < 1.29 is 19.1 Å². The molecule has 0 aliphatic heterocycles. The van der Waals surface area contributed by atoms with Crippen molar-refractivity contribution in [2.75, 3.05) is 11.9 Å². The van der Waals surface area contributed by atoms with Gasteiger partial charge in [-0.15, -0.1) is 0 Å². The van der Waals surface area contributed by atoms with Gasteiger partial charge in [-0.05, 0) is 18.2 Å². The van der Waals surface area contributed by atoms with E-state index >= 15 is 0 Å². The Labute approximate surface area is 113 Å². The van der Waals surface area contributed by atoms with E-state index in [1.807, 2.05) is 0 Å². The van der Waals surface area contributed by atoms with Crippen molar-refractivity contribution in [1.29, 1.82) is 0 Å². The van der Waals surface area contributed by atoms with Crippen molar-refractivity contribution in [3.8, 4) is 0 Å². The summed E-state index contributed by atoms with van der Waals surface area (Å²) in [7, 11) is 1.45. The summed E-state index contributed by atoms with van der Waals surface area (Å²) >= 11 is 0. The first-order chi connectivity index (χ1) is 9.50. The summed E-state index contributed by atoms with van der Waals surface area (Å²) in [5.41, 5.74) is -0.126. The van der Waals surface area contributed by atoms with Crippen molar-refractivity contribution in [2.24, 2.45) is 0 Å². The van der Waals surface area contributed by atoms with Crippen molar-refractivity contribution in [3.63, 3.8) is 0 Å². The molecular weight excluding hydrogens is 262 g/mol. The van der Waals surface area contributed by atoms with Gasteiger partial charge < -0.3 is 14.4 Å². The Morgan fingerprint density at radius 2 is 1.85 bits per heavy atom. The molecule has 0 atom stereocenters. The van der Waals surface area contributed by atoms with Crippen LogP contribution in [0.5, 0.6) is 0 Å². The highest BCUT2D eigenvalue weighted by atomic mass is 16.4. The standard InChI is InChI=1S/C14H11NO5/c1-15(11-5-3-2-4-10(11)14(18)19)13(17)9-6-7-12(16)20-8-9/h2-8H,1H3,(H,18,19). The van der Waals surface area contributed by atoms with Crippen LogP contribution in [0, 0.1) is 0 Å². The summed E-state index contributed by atoms with van der Waals surface area (Å²) in [5, 5.41) is 9.11. The third-order valence-corrected chi connectivity index (χ3v) is 2.75. The lowest BCUT2D eigenvalue weighted by atomic mass is 10.1. The van der Waals surface area contributed by atoms with E-state index < -0.39 is 17.5 Å². The number of carbonyl (C=O) groups is 2. The van der Waals surface area contributed by atoms with Gasteiger partial charge in [-0.3, -0.25) is 4.79 Å². The summed E-state index contributed by atoms with van der Waals surface area (Å²) in [6, 6.07) is 8.61. The zero-order valence-electron chi connectivity index (χ0n) is 10.6. The lowest BCUT2D eigenvalue weighted by molar-refractivity contribution is 0.0697. The number of carboxylic acids is 1. The van der Waals surface area contributed by atoms with Crippen LogP contribution in [0.25, 0.3) is 0 Å². The molecule has 1 amide bonds. The van der Waals surface area contributed by atoms with Gasteiger partial charge in [-0.2, -0.15) is 0 Å². The quantitative estimate of drug-likeness (QED) is 0.917. The van der Waals surface area contributed by atoms with Gasteiger partial charge in [0, 0.05) is 13.1 Å². The first kappa shape index (κ1) is 13.5. The molecule has 2 aromatic rings. The van der Waals surface area contributed by atoms with Crippen LogP contribution >= 0.6 is 0 Å². The maximum atomic E-state index is 12.2. The van der Waals surface area contributed by atoms with E-state index in [2.05, 4.69) is 4.42 Å². The van der Waals surface area contributed by atoms with Gasteiger partial charge in [-0.25, -0.2) is 9.59 Å². The molecule has 0 bridgehead atoms. The molecular formula is C14H11NO5. The average Bonchev–Trinajstić information content (AvgIpc) is 2.46. The number of aromatic carboxylic acids is 1. The van der Waals surface area contributed by atoms with E-state index in [4.69, 9.17) is 5.11 Å². The highest BCUT2D eigenvalue weighted by Crippen LogP contribution is 2.20. The minimum Gasteiger partial charge on any atom is -0.478 e. The van der Waals surface area contributed by atoms with E-state index in [9.17, 15) is 14.4 Å². The second-order valence-electron chi connectivity index (χ2n) is 4.03. The summed E-state index contributed by atoms with van der Waals surface area (Å²) in [6.45, 7) is 0. The number of hydrogen-bond acceptors (Lipinski definition) is 4. The van der Waals surface area contributed by atoms with Gasteiger partial charge in [-0.1, -0.05) is 12.1 Å². The van der Waals surface area contributed by atoms with Crippen LogP contribution in [0.3, 0.4) is 0 Å². The highest BCUT2D eigenvalue weighted by Gasteiger charge is 2.19. The first-order valence-electron chi connectivity index (χ1n) is 5.70. The fraction of sp³-hybridized carbons (Fsp3) is 0.0714. The molecule has 0 aliphatic rings. The van der Waals surface area contributed by atoms with E-state index in [1.54, 1.807) is 12.1 Å². The number of anilines is 1. The SMILES string of the molecule is CN(C(=O)c1ccc(=O)oc1)c1ccccc1C(=O)O. The molecule has 0 saturated carbocycles. The fourth-order valence-corrected chi connectivity index (χ4v) is 1.73. The number of carbonyl (C=O) groups excluding carboxylic acids is 1. The Balaban J connectivity index is 2.38. The number of amides is 1. The summed E-state index contributed by atoms with van der Waals surface area (Å²) in [4.78, 5) is 35.4. The third kappa shape index (κ3) is 2.59. The van der Waals surface area contributed by atoms with Gasteiger partial charge >= 0.3 is 11.6 Å². The lowest BCUT2D eigenvalue weighted by Gasteiger charge is -2.18. The van der Waals surface area contributed by atoms with Crippen molar-refractivity contribution in [2.45, 2.75) is 0 Å². The minimum atomic E-state index is -1.13. The molecule has 6 nitrogen and oxygen atoms in total. The molecule has 102 valence electrons. The zero-order chi connectivity index (χ0) is 14.7. The largest absolute Gasteiger partial charge is 0.478 e. The van der Waals surface area contributed by atoms with Crippen LogP contribution in [0.4, 0.5) is 5.69 Å². The molecule has 1 N–H and O–H groups in total. The van der Waals surface area contributed by atoms with Gasteiger partial charge in [0.05, 0.1) is 16.8 Å². The van der Waals surface area contributed by atoms with Crippen LogP contribution in [-0.4, -0.2) is 24.0 Å². The van der Waals surface area contributed by atoms with Gasteiger partial charge in [0.2, 0.25) is 0 Å². The van der Waals surface area contributed by atoms with Crippen LogP contribution < -0.4 is 10.5 Å².